The molecule has 7 nitrogen and oxygen atoms in total. The number of carbonyl (C=O) groups excluding carboxylic acids is 1. The highest BCUT2D eigenvalue weighted by Gasteiger charge is 2.35. The third kappa shape index (κ3) is 3.24. The van der Waals surface area contributed by atoms with Crippen LogP contribution in [0.2, 0.25) is 0 Å². The number of amides is 1. The molecule has 1 aliphatic rings. The van der Waals surface area contributed by atoms with Gasteiger partial charge in [-0.2, -0.15) is 5.21 Å². The largest absolute Gasteiger partial charge is 0.377 e. The van der Waals surface area contributed by atoms with Crippen LogP contribution in [0, 0.1) is 18.8 Å². The summed E-state index contributed by atoms with van der Waals surface area (Å²) >= 11 is 0. The minimum absolute atomic E-state index is 0.00381. The summed E-state index contributed by atoms with van der Waals surface area (Å²) in [5.74, 6) is 0.734. The highest BCUT2D eigenvalue weighted by atomic mass is 16.5. The van der Waals surface area contributed by atoms with Crippen LogP contribution >= 0.6 is 0 Å². The molecule has 2 N–H and O–H groups in total. The summed E-state index contributed by atoms with van der Waals surface area (Å²) in [4.78, 5) is 12.6. The standard InChI is InChI=1S/C16H21N5O2/c1-9(2)14-12(6-7-23-14)16(22)17-11-5-4-10(3)13(8-11)15-18-20-21-19-15/h4-5,8-9,12,14H,6-7H2,1-3H3,(H,17,22)(H,18,19,20,21). The van der Waals surface area contributed by atoms with Gasteiger partial charge in [-0.05, 0) is 42.2 Å². The number of nitrogens with zero attached hydrogens (tertiary/aromatic N) is 3. The van der Waals surface area contributed by atoms with Crippen molar-refractivity contribution >= 4 is 11.6 Å². The average Bonchev–Trinajstić information content (AvgIpc) is 3.20. The lowest BCUT2D eigenvalue weighted by atomic mass is 9.92. The number of ether oxygens (including phenoxy) is 1. The summed E-state index contributed by atoms with van der Waals surface area (Å²) in [5.41, 5.74) is 2.60. The van der Waals surface area contributed by atoms with E-state index in [0.29, 0.717) is 18.3 Å². The molecule has 0 spiro atoms. The fourth-order valence-corrected chi connectivity index (χ4v) is 3.00. The lowest BCUT2D eigenvalue weighted by Gasteiger charge is -2.21. The van der Waals surface area contributed by atoms with E-state index in [-0.39, 0.29) is 17.9 Å². The van der Waals surface area contributed by atoms with Gasteiger partial charge >= 0.3 is 0 Å². The van der Waals surface area contributed by atoms with Crippen molar-refractivity contribution in [1.82, 2.24) is 20.6 Å². The monoisotopic (exact) mass is 315 g/mol. The van der Waals surface area contributed by atoms with Crippen molar-refractivity contribution in [1.29, 1.82) is 0 Å². The molecule has 122 valence electrons. The van der Waals surface area contributed by atoms with E-state index in [1.54, 1.807) is 0 Å². The minimum Gasteiger partial charge on any atom is -0.377 e. The van der Waals surface area contributed by atoms with Crippen LogP contribution in [0.5, 0.6) is 0 Å². The highest BCUT2D eigenvalue weighted by Crippen LogP contribution is 2.29. The predicted octanol–water partition coefficient (Wildman–Crippen LogP) is 2.17. The Morgan fingerprint density at radius 1 is 1.43 bits per heavy atom. The molecule has 1 amide bonds. The van der Waals surface area contributed by atoms with Crippen molar-refractivity contribution in [2.24, 2.45) is 11.8 Å². The maximum atomic E-state index is 12.6. The molecule has 1 saturated heterocycles. The number of aromatic nitrogens is 4. The Morgan fingerprint density at radius 2 is 2.26 bits per heavy atom. The van der Waals surface area contributed by atoms with Crippen molar-refractivity contribution in [2.45, 2.75) is 33.3 Å². The maximum Gasteiger partial charge on any atom is 0.230 e. The molecule has 0 saturated carbocycles. The van der Waals surface area contributed by atoms with Crippen LogP contribution in [0.25, 0.3) is 11.4 Å². The van der Waals surface area contributed by atoms with E-state index in [1.165, 1.54) is 0 Å². The van der Waals surface area contributed by atoms with E-state index in [4.69, 9.17) is 4.74 Å². The van der Waals surface area contributed by atoms with Crippen molar-refractivity contribution in [2.75, 3.05) is 11.9 Å². The Balaban J connectivity index is 1.78. The summed E-state index contributed by atoms with van der Waals surface area (Å²) in [7, 11) is 0. The number of hydrogen-bond acceptors (Lipinski definition) is 5. The third-order valence-electron chi connectivity index (χ3n) is 4.22. The number of H-pyrrole nitrogens is 1. The van der Waals surface area contributed by atoms with Gasteiger partial charge in [-0.15, -0.1) is 10.2 Å². The first kappa shape index (κ1) is 15.6. The molecule has 7 heteroatoms. The van der Waals surface area contributed by atoms with Gasteiger partial charge in [-0.25, -0.2) is 0 Å². The van der Waals surface area contributed by atoms with Crippen LogP contribution in [0.3, 0.4) is 0 Å². The molecule has 0 aliphatic carbocycles. The van der Waals surface area contributed by atoms with Gasteiger partial charge in [-0.1, -0.05) is 19.9 Å². The first-order valence-electron chi connectivity index (χ1n) is 7.83. The van der Waals surface area contributed by atoms with Crippen LogP contribution < -0.4 is 5.32 Å². The van der Waals surface area contributed by atoms with Crippen molar-refractivity contribution in [3.63, 3.8) is 0 Å². The fraction of sp³-hybridized carbons (Fsp3) is 0.500. The van der Waals surface area contributed by atoms with E-state index in [1.807, 2.05) is 25.1 Å². The van der Waals surface area contributed by atoms with E-state index < -0.39 is 0 Å². The average molecular weight is 315 g/mol. The molecule has 2 atom stereocenters. The van der Waals surface area contributed by atoms with Gasteiger partial charge in [0.25, 0.3) is 0 Å². The second kappa shape index (κ2) is 6.45. The zero-order chi connectivity index (χ0) is 16.4. The normalized spacial score (nSPS) is 20.9. The summed E-state index contributed by atoms with van der Waals surface area (Å²) < 4.78 is 5.69. The lowest BCUT2D eigenvalue weighted by Crippen LogP contribution is -2.32. The van der Waals surface area contributed by atoms with Crippen molar-refractivity contribution in [3.05, 3.63) is 23.8 Å². The fourth-order valence-electron chi connectivity index (χ4n) is 3.00. The molecular weight excluding hydrogens is 294 g/mol. The number of benzene rings is 1. The Bertz CT molecular complexity index is 684. The van der Waals surface area contributed by atoms with Crippen LogP contribution in [-0.4, -0.2) is 39.2 Å². The van der Waals surface area contributed by atoms with E-state index in [2.05, 4.69) is 39.8 Å². The molecule has 23 heavy (non-hydrogen) atoms. The molecule has 2 aromatic rings. The SMILES string of the molecule is Cc1ccc(NC(=O)C2CCOC2C(C)C)cc1-c1nn[nH]n1. The quantitative estimate of drug-likeness (QED) is 0.902. The van der Waals surface area contributed by atoms with Gasteiger partial charge < -0.3 is 10.1 Å². The second-order valence-electron chi connectivity index (χ2n) is 6.23. The van der Waals surface area contributed by atoms with E-state index >= 15 is 0 Å². The van der Waals surface area contributed by atoms with Crippen LogP contribution in [0.15, 0.2) is 18.2 Å². The lowest BCUT2D eigenvalue weighted by molar-refractivity contribution is -0.122. The first-order chi connectivity index (χ1) is 11.1. The first-order valence-corrected chi connectivity index (χ1v) is 7.83. The van der Waals surface area contributed by atoms with Gasteiger partial charge in [0, 0.05) is 17.9 Å². The number of aromatic amines is 1. The van der Waals surface area contributed by atoms with E-state index in [9.17, 15) is 4.79 Å². The minimum atomic E-state index is -0.107. The number of carbonyl (C=O) groups is 1. The molecule has 1 aromatic heterocycles. The third-order valence-corrected chi connectivity index (χ3v) is 4.22. The number of hydrogen-bond donors (Lipinski definition) is 2. The van der Waals surface area contributed by atoms with E-state index in [0.717, 1.165) is 23.2 Å². The Kier molecular flexibility index (Phi) is 4.38. The summed E-state index contributed by atoms with van der Waals surface area (Å²) in [6.07, 6.45) is 0.746. The molecule has 2 unspecified atom stereocenters. The van der Waals surface area contributed by atoms with Gasteiger partial charge in [0.2, 0.25) is 11.7 Å². The number of aryl methyl sites for hydroxylation is 1. The Labute approximate surface area is 134 Å². The van der Waals surface area contributed by atoms with Gasteiger partial charge in [-0.3, -0.25) is 4.79 Å². The highest BCUT2D eigenvalue weighted by molar-refractivity contribution is 5.93. The van der Waals surface area contributed by atoms with Crippen LogP contribution in [0.4, 0.5) is 5.69 Å². The van der Waals surface area contributed by atoms with Gasteiger partial charge in [0.15, 0.2) is 0 Å². The summed E-state index contributed by atoms with van der Waals surface area (Å²) in [6.45, 7) is 6.77. The number of tetrazole rings is 1. The number of nitrogens with one attached hydrogen (secondary N) is 2. The molecule has 1 aliphatic heterocycles. The molecule has 0 bridgehead atoms. The molecule has 1 fully saturated rings. The summed E-state index contributed by atoms with van der Waals surface area (Å²) in [5, 5.41) is 17.0. The predicted molar refractivity (Wildman–Crippen MR) is 85.7 cm³/mol. The maximum absolute atomic E-state index is 12.6. The topological polar surface area (TPSA) is 92.8 Å². The van der Waals surface area contributed by atoms with Crippen LogP contribution in [-0.2, 0) is 9.53 Å². The number of anilines is 1. The Morgan fingerprint density at radius 3 is 2.96 bits per heavy atom. The smallest absolute Gasteiger partial charge is 0.230 e. The molecular formula is C16H21N5O2. The Hall–Kier alpha value is -2.28. The molecule has 0 radical (unpaired) electrons. The second-order valence-corrected chi connectivity index (χ2v) is 6.23. The molecule has 1 aromatic carbocycles. The van der Waals surface area contributed by atoms with Crippen molar-refractivity contribution < 1.29 is 9.53 Å². The molecule has 3 rings (SSSR count). The van der Waals surface area contributed by atoms with Gasteiger partial charge in [0.1, 0.15) is 0 Å². The zero-order valence-corrected chi connectivity index (χ0v) is 13.5. The van der Waals surface area contributed by atoms with Crippen molar-refractivity contribution in [3.8, 4) is 11.4 Å². The number of rotatable bonds is 4. The summed E-state index contributed by atoms with van der Waals surface area (Å²) in [6, 6.07) is 5.70. The van der Waals surface area contributed by atoms with Crippen LogP contribution in [0.1, 0.15) is 25.8 Å². The van der Waals surface area contributed by atoms with Gasteiger partial charge in [0.05, 0.1) is 12.0 Å². The molecule has 2 heterocycles. The zero-order valence-electron chi connectivity index (χ0n) is 13.5.